The van der Waals surface area contributed by atoms with Crippen LogP contribution in [0.15, 0.2) is 0 Å². The van der Waals surface area contributed by atoms with Crippen molar-refractivity contribution in [3.63, 3.8) is 0 Å². The van der Waals surface area contributed by atoms with Gasteiger partial charge >= 0.3 is 0 Å². The maximum absolute atomic E-state index is 11.6. The van der Waals surface area contributed by atoms with E-state index in [-0.39, 0.29) is 30.6 Å². The molecule has 0 radical (unpaired) electrons. The summed E-state index contributed by atoms with van der Waals surface area (Å²) in [5.41, 5.74) is -0.387. The summed E-state index contributed by atoms with van der Waals surface area (Å²) < 4.78 is 4.93. The lowest BCUT2D eigenvalue weighted by Gasteiger charge is -2.33. The van der Waals surface area contributed by atoms with Crippen LogP contribution in [0.5, 0.6) is 0 Å². The Bertz CT molecular complexity index is 219. The Kier molecular flexibility index (Phi) is 6.55. The summed E-state index contributed by atoms with van der Waals surface area (Å²) in [7, 11) is 3.42. The molecule has 0 aromatic heterocycles. The van der Waals surface area contributed by atoms with Gasteiger partial charge in [-0.15, -0.1) is 0 Å². The third kappa shape index (κ3) is 5.44. The van der Waals surface area contributed by atoms with Crippen LogP contribution in [0.25, 0.3) is 0 Å². The predicted molar refractivity (Wildman–Crippen MR) is 63.3 cm³/mol. The molecule has 0 aliphatic heterocycles. The van der Waals surface area contributed by atoms with Crippen LogP contribution in [0.3, 0.4) is 0 Å². The van der Waals surface area contributed by atoms with Gasteiger partial charge in [0.05, 0.1) is 19.8 Å². The van der Waals surface area contributed by atoms with Gasteiger partial charge in [0, 0.05) is 18.7 Å². The number of hydrogen-bond acceptors (Lipinski definition) is 4. The Morgan fingerprint density at radius 3 is 2.56 bits per heavy atom. The Morgan fingerprint density at radius 1 is 1.56 bits per heavy atom. The Labute approximate surface area is 97.8 Å². The predicted octanol–water partition coefficient (Wildman–Crippen LogP) is -0.160. The summed E-state index contributed by atoms with van der Waals surface area (Å²) in [5.74, 6) is -0.0615. The van der Waals surface area contributed by atoms with Gasteiger partial charge in [-0.1, -0.05) is 0 Å². The lowest BCUT2D eigenvalue weighted by atomic mass is 10.1. The second kappa shape index (κ2) is 6.83. The van der Waals surface area contributed by atoms with Crippen molar-refractivity contribution < 1.29 is 14.6 Å². The van der Waals surface area contributed by atoms with E-state index >= 15 is 0 Å². The molecule has 0 bridgehead atoms. The molecule has 0 aromatic carbocycles. The number of likely N-dealkylation sites (N-methyl/N-ethyl adjacent to an activating group) is 1. The molecule has 1 atom stereocenters. The van der Waals surface area contributed by atoms with Crippen LogP contribution in [0.2, 0.25) is 0 Å². The van der Waals surface area contributed by atoms with E-state index in [4.69, 9.17) is 9.84 Å². The number of carbonyl (C=O) groups is 1. The molecule has 0 aliphatic carbocycles. The molecule has 0 heterocycles. The number of nitrogens with zero attached hydrogens (tertiary/aromatic N) is 1. The molecule has 0 saturated carbocycles. The van der Waals surface area contributed by atoms with Gasteiger partial charge in [-0.05, 0) is 27.8 Å². The number of rotatable bonds is 7. The summed E-state index contributed by atoms with van der Waals surface area (Å²) in [6, 6.07) is 0.00291. The molecule has 0 rings (SSSR count). The van der Waals surface area contributed by atoms with Crippen molar-refractivity contribution in [2.45, 2.75) is 32.4 Å². The zero-order valence-electron chi connectivity index (χ0n) is 10.9. The number of methoxy groups -OCH3 is 1. The quantitative estimate of drug-likeness (QED) is 0.640. The van der Waals surface area contributed by atoms with Crippen molar-refractivity contribution in [3.05, 3.63) is 0 Å². The Hall–Kier alpha value is -0.650. The number of hydrogen-bond donors (Lipinski definition) is 2. The lowest BCUT2D eigenvalue weighted by Crippen LogP contribution is -2.50. The van der Waals surface area contributed by atoms with Crippen molar-refractivity contribution in [3.8, 4) is 0 Å². The molecule has 96 valence electrons. The number of aliphatic hydroxyl groups excluding tert-OH is 1. The third-order valence-electron chi connectivity index (χ3n) is 2.63. The largest absolute Gasteiger partial charge is 0.394 e. The van der Waals surface area contributed by atoms with Crippen LogP contribution >= 0.6 is 0 Å². The van der Waals surface area contributed by atoms with E-state index < -0.39 is 0 Å². The van der Waals surface area contributed by atoms with E-state index in [1.165, 1.54) is 0 Å². The first-order valence-corrected chi connectivity index (χ1v) is 5.44. The molecule has 0 aromatic rings. The van der Waals surface area contributed by atoms with Crippen LogP contribution in [0, 0.1) is 0 Å². The molecule has 0 saturated heterocycles. The van der Waals surface area contributed by atoms with Gasteiger partial charge in [0.2, 0.25) is 5.91 Å². The van der Waals surface area contributed by atoms with E-state index in [1.54, 1.807) is 7.11 Å². The molecular weight excluding hydrogens is 208 g/mol. The number of carbonyl (C=O) groups excluding carboxylic acids is 1. The fourth-order valence-corrected chi connectivity index (χ4v) is 1.16. The Balaban J connectivity index is 4.05. The number of nitrogens with one attached hydrogen (secondary N) is 1. The molecule has 2 N–H and O–H groups in total. The lowest BCUT2D eigenvalue weighted by molar-refractivity contribution is -0.124. The van der Waals surface area contributed by atoms with Crippen molar-refractivity contribution in [2.75, 3.05) is 33.9 Å². The zero-order valence-corrected chi connectivity index (χ0v) is 10.9. The smallest absolute Gasteiger partial charge is 0.234 e. The molecule has 5 nitrogen and oxygen atoms in total. The van der Waals surface area contributed by atoms with Crippen LogP contribution in [-0.2, 0) is 9.53 Å². The minimum Gasteiger partial charge on any atom is -0.394 e. The molecule has 0 fully saturated rings. The van der Waals surface area contributed by atoms with Gasteiger partial charge in [0.1, 0.15) is 0 Å². The molecular formula is C11H24N2O3. The van der Waals surface area contributed by atoms with E-state index in [1.807, 2.05) is 32.7 Å². The number of aliphatic hydroxyl groups is 1. The topological polar surface area (TPSA) is 61.8 Å². The van der Waals surface area contributed by atoms with Crippen molar-refractivity contribution >= 4 is 5.91 Å². The standard InChI is InChI=1S/C11H24N2O3/c1-9(7-16-5)12-10(15)6-13(4)11(2,3)8-14/h9,14H,6-8H2,1-5H3,(H,12,15). The second-order valence-electron chi connectivity index (χ2n) is 4.75. The normalized spacial score (nSPS) is 13.9. The maximum atomic E-state index is 11.6. The first-order chi connectivity index (χ1) is 7.33. The molecule has 0 aliphatic rings. The first kappa shape index (κ1) is 15.3. The zero-order chi connectivity index (χ0) is 12.8. The van der Waals surface area contributed by atoms with Crippen LogP contribution in [0.4, 0.5) is 0 Å². The molecule has 1 unspecified atom stereocenters. The van der Waals surface area contributed by atoms with Gasteiger partial charge < -0.3 is 15.2 Å². The minimum atomic E-state index is -0.387. The molecule has 16 heavy (non-hydrogen) atoms. The number of amides is 1. The van der Waals surface area contributed by atoms with Crippen LogP contribution in [-0.4, -0.2) is 61.4 Å². The molecule has 0 spiro atoms. The third-order valence-corrected chi connectivity index (χ3v) is 2.63. The Morgan fingerprint density at radius 2 is 2.12 bits per heavy atom. The maximum Gasteiger partial charge on any atom is 0.234 e. The summed E-state index contributed by atoms with van der Waals surface area (Å²) in [5, 5.41) is 12.0. The van der Waals surface area contributed by atoms with Gasteiger partial charge in [0.15, 0.2) is 0 Å². The highest BCUT2D eigenvalue weighted by atomic mass is 16.5. The van der Waals surface area contributed by atoms with Gasteiger partial charge in [-0.3, -0.25) is 9.69 Å². The van der Waals surface area contributed by atoms with Crippen molar-refractivity contribution in [2.24, 2.45) is 0 Å². The van der Waals surface area contributed by atoms with Crippen LogP contribution < -0.4 is 5.32 Å². The average molecular weight is 232 g/mol. The highest BCUT2D eigenvalue weighted by Gasteiger charge is 2.24. The summed E-state index contributed by atoms with van der Waals surface area (Å²) in [6.07, 6.45) is 0. The summed E-state index contributed by atoms with van der Waals surface area (Å²) >= 11 is 0. The van der Waals surface area contributed by atoms with Gasteiger partial charge in [0.25, 0.3) is 0 Å². The number of ether oxygens (including phenoxy) is 1. The van der Waals surface area contributed by atoms with Crippen LogP contribution in [0.1, 0.15) is 20.8 Å². The minimum absolute atomic E-state index is 0.00291. The highest BCUT2D eigenvalue weighted by molar-refractivity contribution is 5.78. The molecule has 1 amide bonds. The van der Waals surface area contributed by atoms with Gasteiger partial charge in [-0.25, -0.2) is 0 Å². The SMILES string of the molecule is COCC(C)NC(=O)CN(C)C(C)(C)CO. The fourth-order valence-electron chi connectivity index (χ4n) is 1.16. The summed E-state index contributed by atoms with van der Waals surface area (Å²) in [4.78, 5) is 13.4. The average Bonchev–Trinajstić information content (AvgIpc) is 2.17. The van der Waals surface area contributed by atoms with Crippen molar-refractivity contribution in [1.82, 2.24) is 10.2 Å². The summed E-state index contributed by atoms with van der Waals surface area (Å²) in [6.45, 7) is 6.45. The van der Waals surface area contributed by atoms with E-state index in [2.05, 4.69) is 5.32 Å². The second-order valence-corrected chi connectivity index (χ2v) is 4.75. The van der Waals surface area contributed by atoms with E-state index in [9.17, 15) is 4.79 Å². The van der Waals surface area contributed by atoms with E-state index in [0.717, 1.165) is 0 Å². The first-order valence-electron chi connectivity index (χ1n) is 5.44. The monoisotopic (exact) mass is 232 g/mol. The molecule has 5 heteroatoms. The highest BCUT2D eigenvalue weighted by Crippen LogP contribution is 2.09. The van der Waals surface area contributed by atoms with Crippen molar-refractivity contribution in [1.29, 1.82) is 0 Å². The van der Waals surface area contributed by atoms with Gasteiger partial charge in [-0.2, -0.15) is 0 Å². The fraction of sp³-hybridized carbons (Fsp3) is 0.909. The van der Waals surface area contributed by atoms with E-state index in [0.29, 0.717) is 6.61 Å².